The molecule has 0 spiro atoms. The summed E-state index contributed by atoms with van der Waals surface area (Å²) in [6.45, 7) is 2.02. The number of rotatable bonds is 5. The van der Waals surface area contributed by atoms with Gasteiger partial charge < -0.3 is 15.3 Å². The van der Waals surface area contributed by atoms with Crippen LogP contribution in [0.1, 0.15) is 24.6 Å². The molecule has 1 saturated carbocycles. The Morgan fingerprint density at radius 3 is 2.83 bits per heavy atom. The Hall–Kier alpha value is -1.56. The zero-order chi connectivity index (χ0) is 13.1. The number of nitrogens with one attached hydrogen (secondary N) is 1. The van der Waals surface area contributed by atoms with Crippen LogP contribution in [0.25, 0.3) is 0 Å². The SMILES string of the molecule is CC(NC(=O)N(Cc1cccs1)C1CC1)C(=O)O. The molecule has 1 aromatic heterocycles. The summed E-state index contributed by atoms with van der Waals surface area (Å²) in [4.78, 5) is 25.6. The molecule has 98 valence electrons. The number of amides is 2. The van der Waals surface area contributed by atoms with Crippen molar-refractivity contribution in [2.45, 2.75) is 38.4 Å². The van der Waals surface area contributed by atoms with E-state index in [2.05, 4.69) is 5.32 Å². The topological polar surface area (TPSA) is 69.6 Å². The van der Waals surface area contributed by atoms with Crippen LogP contribution in [0.4, 0.5) is 4.79 Å². The van der Waals surface area contributed by atoms with Crippen molar-refractivity contribution in [3.63, 3.8) is 0 Å². The Kier molecular flexibility index (Phi) is 3.86. The summed E-state index contributed by atoms with van der Waals surface area (Å²) in [5, 5.41) is 13.3. The number of carbonyl (C=O) groups excluding carboxylic acids is 1. The van der Waals surface area contributed by atoms with E-state index in [-0.39, 0.29) is 12.1 Å². The molecule has 5 nitrogen and oxygen atoms in total. The average molecular weight is 268 g/mol. The smallest absolute Gasteiger partial charge is 0.325 e. The molecule has 1 fully saturated rings. The van der Waals surface area contributed by atoms with Gasteiger partial charge in [0.2, 0.25) is 0 Å². The second kappa shape index (κ2) is 5.39. The van der Waals surface area contributed by atoms with Gasteiger partial charge in [-0.15, -0.1) is 11.3 Å². The van der Waals surface area contributed by atoms with E-state index < -0.39 is 12.0 Å². The Labute approximate surface area is 109 Å². The summed E-state index contributed by atoms with van der Waals surface area (Å²) in [5.41, 5.74) is 0. The van der Waals surface area contributed by atoms with E-state index in [1.165, 1.54) is 6.92 Å². The van der Waals surface area contributed by atoms with E-state index in [1.54, 1.807) is 16.2 Å². The number of hydrogen-bond donors (Lipinski definition) is 2. The molecule has 0 radical (unpaired) electrons. The first-order chi connectivity index (χ1) is 8.58. The predicted molar refractivity (Wildman–Crippen MR) is 68.5 cm³/mol. The van der Waals surface area contributed by atoms with Gasteiger partial charge in [0.05, 0.1) is 6.54 Å². The molecule has 1 aromatic rings. The number of nitrogens with zero attached hydrogens (tertiary/aromatic N) is 1. The van der Waals surface area contributed by atoms with Gasteiger partial charge in [0.1, 0.15) is 6.04 Å². The number of urea groups is 1. The lowest BCUT2D eigenvalue weighted by Gasteiger charge is -2.23. The van der Waals surface area contributed by atoms with Crippen LogP contribution in [0.3, 0.4) is 0 Å². The van der Waals surface area contributed by atoms with E-state index in [4.69, 9.17) is 5.11 Å². The van der Waals surface area contributed by atoms with Crippen molar-refractivity contribution in [1.82, 2.24) is 10.2 Å². The van der Waals surface area contributed by atoms with Crippen LogP contribution in [0.2, 0.25) is 0 Å². The molecule has 18 heavy (non-hydrogen) atoms. The molecule has 0 bridgehead atoms. The molecule has 2 rings (SSSR count). The third-order valence-corrected chi connectivity index (χ3v) is 3.73. The Balaban J connectivity index is 1.97. The molecule has 1 aliphatic rings. The monoisotopic (exact) mass is 268 g/mol. The number of aliphatic carboxylic acids is 1. The molecule has 1 unspecified atom stereocenters. The van der Waals surface area contributed by atoms with Gasteiger partial charge in [0, 0.05) is 10.9 Å². The van der Waals surface area contributed by atoms with Crippen LogP contribution in [-0.4, -0.2) is 34.1 Å². The van der Waals surface area contributed by atoms with Crippen LogP contribution in [0, 0.1) is 0 Å². The molecule has 0 saturated heterocycles. The fourth-order valence-electron chi connectivity index (χ4n) is 1.65. The standard InChI is InChI=1S/C12H16N2O3S/c1-8(11(15)16)13-12(17)14(9-4-5-9)7-10-3-2-6-18-10/h2-3,6,8-9H,4-5,7H2,1H3,(H,13,17)(H,15,16). The third-order valence-electron chi connectivity index (χ3n) is 2.87. The number of thiophene rings is 1. The second-order valence-corrected chi connectivity index (χ2v) is 5.48. The average Bonchev–Trinajstić information content (AvgIpc) is 3.03. The van der Waals surface area contributed by atoms with Crippen LogP contribution in [0.15, 0.2) is 17.5 Å². The van der Waals surface area contributed by atoms with Gasteiger partial charge in [0.25, 0.3) is 0 Å². The first kappa shape index (κ1) is 12.9. The number of hydrogen-bond acceptors (Lipinski definition) is 3. The summed E-state index contributed by atoms with van der Waals surface area (Å²) in [5.74, 6) is -1.02. The van der Waals surface area contributed by atoms with Crippen molar-refractivity contribution in [2.24, 2.45) is 0 Å². The van der Waals surface area contributed by atoms with Gasteiger partial charge in [-0.1, -0.05) is 6.07 Å². The van der Waals surface area contributed by atoms with Gasteiger partial charge in [-0.05, 0) is 31.2 Å². The quantitative estimate of drug-likeness (QED) is 0.857. The summed E-state index contributed by atoms with van der Waals surface area (Å²) >= 11 is 1.60. The van der Waals surface area contributed by atoms with E-state index in [0.29, 0.717) is 6.54 Å². The largest absolute Gasteiger partial charge is 0.480 e. The maximum Gasteiger partial charge on any atom is 0.325 e. The molecule has 1 aliphatic carbocycles. The van der Waals surface area contributed by atoms with Crippen LogP contribution >= 0.6 is 11.3 Å². The Morgan fingerprint density at radius 2 is 2.33 bits per heavy atom. The highest BCUT2D eigenvalue weighted by Crippen LogP contribution is 2.29. The zero-order valence-corrected chi connectivity index (χ0v) is 10.9. The molecule has 1 heterocycles. The maximum atomic E-state index is 12.0. The molecule has 0 aromatic carbocycles. The summed E-state index contributed by atoms with van der Waals surface area (Å²) in [7, 11) is 0. The molecule has 0 aliphatic heterocycles. The fourth-order valence-corrected chi connectivity index (χ4v) is 2.36. The minimum absolute atomic E-state index is 0.257. The van der Waals surface area contributed by atoms with E-state index >= 15 is 0 Å². The fraction of sp³-hybridized carbons (Fsp3) is 0.500. The third kappa shape index (κ3) is 3.22. The lowest BCUT2D eigenvalue weighted by Crippen LogP contribution is -2.47. The zero-order valence-electron chi connectivity index (χ0n) is 10.1. The van der Waals surface area contributed by atoms with Crippen molar-refractivity contribution >= 4 is 23.3 Å². The minimum Gasteiger partial charge on any atom is -0.480 e. The van der Waals surface area contributed by atoms with Gasteiger partial charge in [-0.2, -0.15) is 0 Å². The van der Waals surface area contributed by atoms with Crippen molar-refractivity contribution in [1.29, 1.82) is 0 Å². The van der Waals surface area contributed by atoms with Gasteiger partial charge >= 0.3 is 12.0 Å². The summed E-state index contributed by atoms with van der Waals surface area (Å²) in [6, 6.07) is 3.03. The molecule has 2 N–H and O–H groups in total. The van der Waals surface area contributed by atoms with Crippen molar-refractivity contribution in [2.75, 3.05) is 0 Å². The predicted octanol–water partition coefficient (Wildman–Crippen LogP) is 1.90. The lowest BCUT2D eigenvalue weighted by molar-refractivity contribution is -0.138. The molecular weight excluding hydrogens is 252 g/mol. The Bertz CT molecular complexity index is 429. The number of carbonyl (C=O) groups is 2. The van der Waals surface area contributed by atoms with Crippen molar-refractivity contribution in [3.05, 3.63) is 22.4 Å². The van der Waals surface area contributed by atoms with E-state index in [1.807, 2.05) is 17.5 Å². The Morgan fingerprint density at radius 1 is 1.61 bits per heavy atom. The number of carboxylic acids is 1. The van der Waals surface area contributed by atoms with Crippen molar-refractivity contribution in [3.8, 4) is 0 Å². The molecule has 6 heteroatoms. The summed E-state index contributed by atoms with van der Waals surface area (Å²) < 4.78 is 0. The maximum absolute atomic E-state index is 12.0. The van der Waals surface area contributed by atoms with Gasteiger partial charge in [0.15, 0.2) is 0 Å². The highest BCUT2D eigenvalue weighted by Gasteiger charge is 2.33. The van der Waals surface area contributed by atoms with E-state index in [9.17, 15) is 9.59 Å². The number of carboxylic acid groups (broad SMARTS) is 1. The van der Waals surface area contributed by atoms with Crippen LogP contribution < -0.4 is 5.32 Å². The highest BCUT2D eigenvalue weighted by atomic mass is 32.1. The van der Waals surface area contributed by atoms with E-state index in [0.717, 1.165) is 17.7 Å². The second-order valence-electron chi connectivity index (χ2n) is 4.45. The minimum atomic E-state index is -1.02. The normalized spacial score (nSPS) is 16.1. The molecule has 1 atom stereocenters. The molecular formula is C12H16N2O3S. The van der Waals surface area contributed by atoms with Gasteiger partial charge in [-0.25, -0.2) is 4.79 Å². The lowest BCUT2D eigenvalue weighted by atomic mass is 10.3. The van der Waals surface area contributed by atoms with Crippen LogP contribution in [0.5, 0.6) is 0 Å². The van der Waals surface area contributed by atoms with Gasteiger partial charge in [-0.3, -0.25) is 4.79 Å². The summed E-state index contributed by atoms with van der Waals surface area (Å²) in [6.07, 6.45) is 2.00. The van der Waals surface area contributed by atoms with Crippen LogP contribution in [-0.2, 0) is 11.3 Å². The first-order valence-corrected chi connectivity index (χ1v) is 6.78. The first-order valence-electron chi connectivity index (χ1n) is 5.90. The van der Waals surface area contributed by atoms with Crippen molar-refractivity contribution < 1.29 is 14.7 Å². The highest BCUT2D eigenvalue weighted by molar-refractivity contribution is 7.09. The molecule has 2 amide bonds.